The molecular weight excluding hydrogens is 404 g/mol. The van der Waals surface area contributed by atoms with Gasteiger partial charge < -0.3 is 15.4 Å². The van der Waals surface area contributed by atoms with Crippen molar-refractivity contribution in [2.24, 2.45) is 0 Å². The lowest BCUT2D eigenvalue weighted by molar-refractivity contribution is -0.130. The number of imide groups is 1. The van der Waals surface area contributed by atoms with Gasteiger partial charge in [0.15, 0.2) is 5.13 Å². The molecule has 1 aromatic heterocycles. The third kappa shape index (κ3) is 4.46. The van der Waals surface area contributed by atoms with Crippen LogP contribution >= 0.6 is 11.3 Å². The first-order valence-corrected chi connectivity index (χ1v) is 10.9. The topological polar surface area (TPSA) is 101 Å². The van der Waals surface area contributed by atoms with Crippen molar-refractivity contribution in [3.05, 3.63) is 40.4 Å². The molecule has 158 valence electrons. The predicted molar refractivity (Wildman–Crippen MR) is 112 cm³/mol. The summed E-state index contributed by atoms with van der Waals surface area (Å²) in [5, 5.41) is 5.97. The van der Waals surface area contributed by atoms with Crippen LogP contribution in [0.15, 0.2) is 24.3 Å². The molecule has 0 radical (unpaired) electrons. The number of rotatable bonds is 6. The van der Waals surface area contributed by atoms with Crippen LogP contribution in [0.1, 0.15) is 41.8 Å². The number of anilines is 1. The molecule has 1 saturated heterocycles. The van der Waals surface area contributed by atoms with E-state index < -0.39 is 18.0 Å². The first-order chi connectivity index (χ1) is 14.5. The lowest BCUT2D eigenvalue weighted by Crippen LogP contribution is -2.34. The van der Waals surface area contributed by atoms with E-state index in [-0.39, 0.29) is 18.9 Å². The molecule has 1 aliphatic heterocycles. The molecule has 0 saturated carbocycles. The summed E-state index contributed by atoms with van der Waals surface area (Å²) >= 11 is 1.51. The fourth-order valence-corrected chi connectivity index (χ4v) is 4.78. The van der Waals surface area contributed by atoms with E-state index in [1.54, 1.807) is 31.4 Å². The number of aryl methyl sites for hydroxylation is 2. The number of aromatic nitrogens is 1. The Morgan fingerprint density at radius 3 is 2.77 bits per heavy atom. The van der Waals surface area contributed by atoms with Gasteiger partial charge >= 0.3 is 6.03 Å². The van der Waals surface area contributed by atoms with Gasteiger partial charge in [-0.1, -0.05) is 18.6 Å². The number of urea groups is 1. The van der Waals surface area contributed by atoms with E-state index in [4.69, 9.17) is 4.74 Å². The highest BCUT2D eigenvalue weighted by atomic mass is 32.1. The zero-order valence-electron chi connectivity index (χ0n) is 16.8. The molecule has 1 aromatic carbocycles. The molecular formula is C21H24N4O4S. The molecule has 30 heavy (non-hydrogen) atoms. The van der Waals surface area contributed by atoms with Crippen LogP contribution in [0, 0.1) is 0 Å². The minimum absolute atomic E-state index is 0.117. The van der Waals surface area contributed by atoms with Gasteiger partial charge in [0.2, 0.25) is 5.91 Å². The first kappa shape index (κ1) is 20.3. The number of ether oxygens (including phenoxy) is 1. The van der Waals surface area contributed by atoms with Crippen LogP contribution in [0.25, 0.3) is 0 Å². The Morgan fingerprint density at radius 1 is 1.23 bits per heavy atom. The van der Waals surface area contributed by atoms with Gasteiger partial charge in [-0.15, -0.1) is 11.3 Å². The highest BCUT2D eigenvalue weighted by Crippen LogP contribution is 2.29. The number of methoxy groups -OCH3 is 1. The smallest absolute Gasteiger partial charge is 0.325 e. The van der Waals surface area contributed by atoms with E-state index >= 15 is 0 Å². The average molecular weight is 429 g/mol. The molecule has 4 amide bonds. The van der Waals surface area contributed by atoms with E-state index in [2.05, 4.69) is 15.6 Å². The average Bonchev–Trinajstić information content (AvgIpc) is 3.13. The third-order valence-electron chi connectivity index (χ3n) is 5.34. The predicted octanol–water partition coefficient (Wildman–Crippen LogP) is 2.87. The maximum atomic E-state index is 12.7. The summed E-state index contributed by atoms with van der Waals surface area (Å²) in [5.74, 6) is -0.0327. The van der Waals surface area contributed by atoms with E-state index in [1.807, 2.05) is 0 Å². The van der Waals surface area contributed by atoms with Crippen LogP contribution in [-0.4, -0.2) is 40.9 Å². The van der Waals surface area contributed by atoms with Crippen molar-refractivity contribution in [3.63, 3.8) is 0 Å². The first-order valence-electron chi connectivity index (χ1n) is 10.1. The number of amides is 4. The van der Waals surface area contributed by atoms with Crippen molar-refractivity contribution in [2.75, 3.05) is 12.4 Å². The number of hydrogen-bond acceptors (Lipinski definition) is 6. The largest absolute Gasteiger partial charge is 0.497 e. The van der Waals surface area contributed by atoms with Gasteiger partial charge in [-0.25, -0.2) is 9.78 Å². The summed E-state index contributed by atoms with van der Waals surface area (Å²) in [4.78, 5) is 44.3. The lowest BCUT2D eigenvalue weighted by atomic mass is 10.1. The summed E-state index contributed by atoms with van der Waals surface area (Å²) in [7, 11) is 1.57. The molecule has 4 rings (SSSR count). The minimum Gasteiger partial charge on any atom is -0.497 e. The SMILES string of the molecule is COc1ccc(CN2C(=O)NC(CC(=O)Nc3nc4c(s3)CCCCC4)C2=O)cc1. The van der Waals surface area contributed by atoms with Crippen molar-refractivity contribution in [3.8, 4) is 5.75 Å². The summed E-state index contributed by atoms with van der Waals surface area (Å²) in [6, 6.07) is 5.78. The summed E-state index contributed by atoms with van der Waals surface area (Å²) in [5.41, 5.74) is 1.87. The highest BCUT2D eigenvalue weighted by Gasteiger charge is 2.39. The van der Waals surface area contributed by atoms with Crippen LogP contribution in [-0.2, 0) is 29.0 Å². The zero-order chi connectivity index (χ0) is 21.1. The maximum Gasteiger partial charge on any atom is 0.325 e. The van der Waals surface area contributed by atoms with Crippen molar-refractivity contribution < 1.29 is 19.1 Å². The second kappa shape index (κ2) is 8.83. The van der Waals surface area contributed by atoms with Crippen LogP contribution in [0.2, 0.25) is 0 Å². The van der Waals surface area contributed by atoms with Gasteiger partial charge in [-0.3, -0.25) is 14.5 Å². The molecule has 1 fully saturated rings. The molecule has 2 heterocycles. The molecule has 2 N–H and O–H groups in total. The van der Waals surface area contributed by atoms with Crippen molar-refractivity contribution in [1.29, 1.82) is 0 Å². The van der Waals surface area contributed by atoms with Crippen LogP contribution in [0.5, 0.6) is 5.75 Å². The van der Waals surface area contributed by atoms with E-state index in [0.717, 1.165) is 41.8 Å². The van der Waals surface area contributed by atoms with Gasteiger partial charge in [-0.05, 0) is 43.4 Å². The van der Waals surface area contributed by atoms with Gasteiger partial charge in [0.25, 0.3) is 5.91 Å². The van der Waals surface area contributed by atoms with Gasteiger partial charge in [0.1, 0.15) is 11.8 Å². The molecule has 1 unspecified atom stereocenters. The van der Waals surface area contributed by atoms with E-state index in [9.17, 15) is 14.4 Å². The minimum atomic E-state index is -0.867. The van der Waals surface area contributed by atoms with E-state index in [1.165, 1.54) is 22.6 Å². The van der Waals surface area contributed by atoms with Gasteiger partial charge in [-0.2, -0.15) is 0 Å². The van der Waals surface area contributed by atoms with Crippen LogP contribution in [0.3, 0.4) is 0 Å². The number of nitrogens with zero attached hydrogens (tertiary/aromatic N) is 2. The lowest BCUT2D eigenvalue weighted by Gasteiger charge is -2.13. The Hall–Kier alpha value is -2.94. The molecule has 2 aliphatic rings. The molecule has 1 aliphatic carbocycles. The van der Waals surface area contributed by atoms with Crippen molar-refractivity contribution in [2.45, 2.75) is 51.1 Å². The third-order valence-corrected chi connectivity index (χ3v) is 6.41. The van der Waals surface area contributed by atoms with E-state index in [0.29, 0.717) is 10.9 Å². The van der Waals surface area contributed by atoms with Crippen LogP contribution < -0.4 is 15.4 Å². The fourth-order valence-electron chi connectivity index (χ4n) is 3.72. The monoisotopic (exact) mass is 428 g/mol. The number of benzene rings is 1. The second-order valence-corrected chi connectivity index (χ2v) is 8.56. The van der Waals surface area contributed by atoms with Crippen LogP contribution in [0.4, 0.5) is 9.93 Å². The Morgan fingerprint density at radius 2 is 2.00 bits per heavy atom. The molecule has 0 bridgehead atoms. The standard InChI is InChI=1S/C21H24N4O4S/c1-29-14-9-7-13(8-10-14)12-25-19(27)16(23-21(25)28)11-18(26)24-20-22-15-5-3-2-4-6-17(15)30-20/h7-10,16H,2-6,11-12H2,1H3,(H,23,28)(H,22,24,26). The number of thiazole rings is 1. The maximum absolute atomic E-state index is 12.7. The molecule has 8 nitrogen and oxygen atoms in total. The quantitative estimate of drug-likeness (QED) is 0.544. The summed E-state index contributed by atoms with van der Waals surface area (Å²) in [6.07, 6.45) is 5.31. The molecule has 1 atom stereocenters. The van der Waals surface area contributed by atoms with Crippen molar-refractivity contribution >= 4 is 34.3 Å². The Kier molecular flexibility index (Phi) is 5.98. The summed E-state index contributed by atoms with van der Waals surface area (Å²) in [6.45, 7) is 0.145. The van der Waals surface area contributed by atoms with Crippen molar-refractivity contribution in [1.82, 2.24) is 15.2 Å². The molecule has 9 heteroatoms. The summed E-state index contributed by atoms with van der Waals surface area (Å²) < 4.78 is 5.12. The number of nitrogens with one attached hydrogen (secondary N) is 2. The second-order valence-electron chi connectivity index (χ2n) is 7.48. The normalized spacial score (nSPS) is 18.6. The number of carbonyl (C=O) groups excluding carboxylic acids is 3. The zero-order valence-corrected chi connectivity index (χ0v) is 17.6. The number of hydrogen-bond donors (Lipinski definition) is 2. The fraction of sp³-hybridized carbons (Fsp3) is 0.429. The van der Waals surface area contributed by atoms with Gasteiger partial charge in [0, 0.05) is 4.88 Å². The Bertz CT molecular complexity index is 933. The molecule has 2 aromatic rings. The highest BCUT2D eigenvalue weighted by molar-refractivity contribution is 7.15. The number of fused-ring (bicyclic) bond motifs is 1. The Balaban J connectivity index is 1.34. The number of carbonyl (C=O) groups is 3. The molecule has 0 spiro atoms. The van der Waals surface area contributed by atoms with Gasteiger partial charge in [0.05, 0.1) is 25.8 Å². The Labute approximate surface area is 178 Å².